The van der Waals surface area contributed by atoms with Gasteiger partial charge in [0, 0.05) is 53.2 Å². The van der Waals surface area contributed by atoms with Crippen LogP contribution in [0.25, 0.3) is 21.8 Å². The molecule has 3 aromatic rings. The average molecular weight is 436 g/mol. The largest absolute Gasteiger partial charge is 0.340 e. The highest BCUT2D eigenvalue weighted by Gasteiger charge is 2.15. The topological polar surface area (TPSA) is 60.4 Å². The molecular weight excluding hydrogens is 398 g/mol. The number of rotatable bonds is 13. The van der Waals surface area contributed by atoms with Gasteiger partial charge in [-0.1, -0.05) is 70.8 Å². The number of nitro benzene ring substituents is 1. The number of aliphatic imine (C=N–C) groups is 1. The Morgan fingerprint density at radius 2 is 1.44 bits per heavy atom. The molecule has 3 rings (SSSR count). The van der Waals surface area contributed by atoms with Crippen LogP contribution in [0.1, 0.15) is 83.6 Å². The van der Waals surface area contributed by atoms with Crippen molar-refractivity contribution in [1.82, 2.24) is 4.57 Å². The molecule has 0 N–H and O–H groups in total. The van der Waals surface area contributed by atoms with Crippen molar-refractivity contribution < 1.29 is 4.92 Å². The molecule has 2 aromatic carbocycles. The fourth-order valence-corrected chi connectivity index (χ4v) is 4.56. The number of hydrogen-bond acceptors (Lipinski definition) is 3. The Morgan fingerprint density at radius 3 is 2.03 bits per heavy atom. The van der Waals surface area contributed by atoms with Gasteiger partial charge in [0.25, 0.3) is 5.69 Å². The summed E-state index contributed by atoms with van der Waals surface area (Å²) in [7, 11) is 1.79. The molecule has 172 valence electrons. The molecule has 0 bridgehead atoms. The van der Waals surface area contributed by atoms with Crippen molar-refractivity contribution >= 4 is 33.2 Å². The van der Waals surface area contributed by atoms with Crippen LogP contribution in [0.4, 0.5) is 5.69 Å². The number of non-ortho nitro benzene ring substituents is 1. The Balaban J connectivity index is 1.72. The van der Waals surface area contributed by atoms with E-state index in [1.54, 1.807) is 19.2 Å². The number of nitro groups is 1. The lowest BCUT2D eigenvalue weighted by Crippen LogP contribution is -1.99. The van der Waals surface area contributed by atoms with Gasteiger partial charge < -0.3 is 4.57 Å². The quantitative estimate of drug-likeness (QED) is 0.118. The van der Waals surface area contributed by atoms with Crippen molar-refractivity contribution in [3.8, 4) is 0 Å². The van der Waals surface area contributed by atoms with Gasteiger partial charge in [-0.2, -0.15) is 0 Å². The SMILES string of the molecule is CCCCCCCCCCCCn1c2ccc(C(C)=NC)cc2c2cc([N+](=O)[O-])ccc21. The van der Waals surface area contributed by atoms with Gasteiger partial charge in [0.05, 0.1) is 4.92 Å². The maximum Gasteiger partial charge on any atom is 0.270 e. The van der Waals surface area contributed by atoms with E-state index in [0.717, 1.165) is 46.0 Å². The second-order valence-corrected chi connectivity index (χ2v) is 8.83. The van der Waals surface area contributed by atoms with E-state index in [1.165, 1.54) is 57.8 Å². The van der Waals surface area contributed by atoms with Crippen LogP contribution in [0, 0.1) is 10.1 Å². The molecule has 0 amide bonds. The predicted octanol–water partition coefficient (Wildman–Crippen LogP) is 8.06. The number of fused-ring (bicyclic) bond motifs is 3. The van der Waals surface area contributed by atoms with Gasteiger partial charge in [0.15, 0.2) is 0 Å². The van der Waals surface area contributed by atoms with Crippen molar-refractivity contribution in [2.24, 2.45) is 4.99 Å². The lowest BCUT2D eigenvalue weighted by atomic mass is 10.1. The molecule has 0 atom stereocenters. The zero-order valence-electron chi connectivity index (χ0n) is 19.9. The first-order chi connectivity index (χ1) is 15.6. The van der Waals surface area contributed by atoms with Crippen molar-refractivity contribution in [1.29, 1.82) is 0 Å². The average Bonchev–Trinajstić information content (AvgIpc) is 3.12. The Bertz CT molecular complexity index is 1080. The Kier molecular flexibility index (Phi) is 8.83. The second kappa shape index (κ2) is 11.8. The van der Waals surface area contributed by atoms with Crippen LogP contribution in [0.15, 0.2) is 41.4 Å². The first-order valence-electron chi connectivity index (χ1n) is 12.2. The standard InChI is InChI=1S/C27H37N3O2/c1-4-5-6-7-8-9-10-11-12-13-18-29-26-16-14-22(21(2)28-3)19-24(26)25-20-23(30(31)32)15-17-27(25)29/h14-17,19-20H,4-13,18H2,1-3H3. The molecule has 1 aromatic heterocycles. The molecule has 0 aliphatic carbocycles. The van der Waals surface area contributed by atoms with Crippen molar-refractivity contribution in [2.45, 2.75) is 84.6 Å². The molecule has 0 unspecified atom stereocenters. The summed E-state index contributed by atoms with van der Waals surface area (Å²) in [6, 6.07) is 11.6. The fourth-order valence-electron chi connectivity index (χ4n) is 4.56. The van der Waals surface area contributed by atoms with Crippen LogP contribution in [0.2, 0.25) is 0 Å². The normalized spacial score (nSPS) is 12.2. The minimum absolute atomic E-state index is 0.141. The van der Waals surface area contributed by atoms with Crippen LogP contribution in [0.5, 0.6) is 0 Å². The van der Waals surface area contributed by atoms with Gasteiger partial charge in [-0.3, -0.25) is 15.1 Å². The molecular formula is C27H37N3O2. The summed E-state index contributed by atoms with van der Waals surface area (Å²) in [4.78, 5) is 15.4. The van der Waals surface area contributed by atoms with Crippen molar-refractivity contribution in [2.75, 3.05) is 7.05 Å². The number of benzene rings is 2. The molecule has 5 heteroatoms. The smallest absolute Gasteiger partial charge is 0.270 e. The molecule has 0 spiro atoms. The van der Waals surface area contributed by atoms with E-state index < -0.39 is 0 Å². The maximum atomic E-state index is 11.4. The van der Waals surface area contributed by atoms with Gasteiger partial charge in [0.1, 0.15) is 0 Å². The number of nitrogens with zero attached hydrogens (tertiary/aromatic N) is 3. The Labute approximate surface area is 191 Å². The van der Waals surface area contributed by atoms with Gasteiger partial charge in [-0.25, -0.2) is 0 Å². The van der Waals surface area contributed by atoms with Crippen molar-refractivity contribution in [3.05, 3.63) is 52.1 Å². The van der Waals surface area contributed by atoms with Gasteiger partial charge >= 0.3 is 0 Å². The predicted molar refractivity (Wildman–Crippen MR) is 136 cm³/mol. The third kappa shape index (κ3) is 5.76. The van der Waals surface area contributed by atoms with E-state index in [2.05, 4.69) is 34.7 Å². The van der Waals surface area contributed by atoms with E-state index in [4.69, 9.17) is 0 Å². The summed E-state index contributed by atoms with van der Waals surface area (Å²) in [6.07, 6.45) is 13.1. The van der Waals surface area contributed by atoms with Gasteiger partial charge in [0.2, 0.25) is 0 Å². The highest BCUT2D eigenvalue weighted by Crippen LogP contribution is 2.33. The zero-order chi connectivity index (χ0) is 22.9. The van der Waals surface area contributed by atoms with Gasteiger partial charge in [-0.15, -0.1) is 0 Å². The summed E-state index contributed by atoms with van der Waals surface area (Å²) < 4.78 is 2.33. The summed E-state index contributed by atoms with van der Waals surface area (Å²) in [6.45, 7) is 5.19. The molecule has 0 aliphatic rings. The second-order valence-electron chi connectivity index (χ2n) is 8.83. The van der Waals surface area contributed by atoms with E-state index in [1.807, 2.05) is 13.0 Å². The molecule has 0 radical (unpaired) electrons. The summed E-state index contributed by atoms with van der Waals surface area (Å²) in [5, 5.41) is 13.4. The highest BCUT2D eigenvalue weighted by molar-refractivity contribution is 6.12. The van der Waals surface area contributed by atoms with E-state index in [-0.39, 0.29) is 10.6 Å². The molecule has 0 aliphatic heterocycles. The molecule has 1 heterocycles. The monoisotopic (exact) mass is 435 g/mol. The molecule has 0 saturated carbocycles. The molecule has 0 saturated heterocycles. The molecule has 32 heavy (non-hydrogen) atoms. The minimum Gasteiger partial charge on any atom is -0.340 e. The number of aryl methyl sites for hydroxylation is 1. The van der Waals surface area contributed by atoms with Gasteiger partial charge in [-0.05, 0) is 37.1 Å². The van der Waals surface area contributed by atoms with Crippen LogP contribution >= 0.6 is 0 Å². The summed E-state index contributed by atoms with van der Waals surface area (Å²) in [5.41, 5.74) is 4.38. The van der Waals surface area contributed by atoms with E-state index >= 15 is 0 Å². The third-order valence-corrected chi connectivity index (χ3v) is 6.55. The van der Waals surface area contributed by atoms with E-state index in [0.29, 0.717) is 0 Å². The lowest BCUT2D eigenvalue weighted by molar-refractivity contribution is -0.384. The van der Waals surface area contributed by atoms with Crippen LogP contribution < -0.4 is 0 Å². The minimum atomic E-state index is -0.312. The maximum absolute atomic E-state index is 11.4. The number of unbranched alkanes of at least 4 members (excludes halogenated alkanes) is 9. The zero-order valence-corrected chi connectivity index (χ0v) is 19.9. The lowest BCUT2D eigenvalue weighted by Gasteiger charge is -2.08. The molecule has 0 fully saturated rings. The Morgan fingerprint density at radius 1 is 0.875 bits per heavy atom. The van der Waals surface area contributed by atoms with Crippen LogP contribution in [0.3, 0.4) is 0 Å². The fraction of sp³-hybridized carbons (Fsp3) is 0.519. The Hall–Kier alpha value is -2.69. The summed E-state index contributed by atoms with van der Waals surface area (Å²) >= 11 is 0. The van der Waals surface area contributed by atoms with Crippen molar-refractivity contribution in [3.63, 3.8) is 0 Å². The first-order valence-corrected chi connectivity index (χ1v) is 12.2. The van der Waals surface area contributed by atoms with Crippen LogP contribution in [-0.4, -0.2) is 22.2 Å². The third-order valence-electron chi connectivity index (χ3n) is 6.55. The highest BCUT2D eigenvalue weighted by atomic mass is 16.6. The van der Waals surface area contributed by atoms with Crippen LogP contribution in [-0.2, 0) is 6.54 Å². The van der Waals surface area contributed by atoms with E-state index in [9.17, 15) is 10.1 Å². The number of hydrogen-bond donors (Lipinski definition) is 0. The first kappa shape index (κ1) is 24.0. The number of aromatic nitrogens is 1. The molecule has 5 nitrogen and oxygen atoms in total. The summed E-state index contributed by atoms with van der Waals surface area (Å²) in [5.74, 6) is 0.